The van der Waals surface area contributed by atoms with Gasteiger partial charge in [-0.1, -0.05) is 12.8 Å². The molecule has 0 saturated heterocycles. The topological polar surface area (TPSA) is 70.6 Å². The molecule has 0 atom stereocenters. The van der Waals surface area contributed by atoms with Crippen LogP contribution in [0.2, 0.25) is 0 Å². The number of nitrogens with one attached hydrogen (secondary N) is 2. The van der Waals surface area contributed by atoms with Crippen molar-refractivity contribution >= 4 is 29.4 Å². The monoisotopic (exact) mass is 279 g/mol. The maximum atomic E-state index is 11.6. The van der Waals surface area contributed by atoms with Gasteiger partial charge >= 0.3 is 11.8 Å². The summed E-state index contributed by atoms with van der Waals surface area (Å²) in [5.41, 5.74) is 3.34. The molecule has 0 aromatic carbocycles. The average Bonchev–Trinajstić information content (AvgIpc) is 3.02. The average molecular weight is 279 g/mol. The zero-order chi connectivity index (χ0) is 13.7. The summed E-state index contributed by atoms with van der Waals surface area (Å²) in [4.78, 5) is 24.0. The maximum absolute atomic E-state index is 11.6. The van der Waals surface area contributed by atoms with Gasteiger partial charge in [-0.3, -0.25) is 9.59 Å². The van der Waals surface area contributed by atoms with Crippen molar-refractivity contribution in [1.82, 2.24) is 10.7 Å². The Labute approximate surface area is 116 Å². The summed E-state index contributed by atoms with van der Waals surface area (Å²) in [6.07, 6.45) is 5.69. The van der Waals surface area contributed by atoms with Gasteiger partial charge < -0.3 is 5.32 Å². The van der Waals surface area contributed by atoms with E-state index in [1.807, 2.05) is 18.4 Å². The largest absolute Gasteiger partial charge is 0.345 e. The normalized spacial score (nSPS) is 15.8. The lowest BCUT2D eigenvalue weighted by atomic mass is 10.2. The number of aryl methyl sites for hydroxylation is 1. The minimum atomic E-state index is -0.711. The Bertz CT molecular complexity index is 490. The van der Waals surface area contributed by atoms with Crippen molar-refractivity contribution in [3.63, 3.8) is 0 Å². The summed E-state index contributed by atoms with van der Waals surface area (Å²) in [5, 5.41) is 8.46. The summed E-state index contributed by atoms with van der Waals surface area (Å²) >= 11 is 1.53. The molecule has 5 nitrogen and oxygen atoms in total. The van der Waals surface area contributed by atoms with Crippen LogP contribution < -0.4 is 10.7 Å². The van der Waals surface area contributed by atoms with Crippen LogP contribution in [-0.4, -0.2) is 24.1 Å². The molecule has 2 N–H and O–H groups in total. The van der Waals surface area contributed by atoms with E-state index in [-0.39, 0.29) is 6.04 Å². The molecular formula is C13H17N3O2S. The van der Waals surface area contributed by atoms with Crippen LogP contribution in [0.1, 0.15) is 36.1 Å². The highest BCUT2D eigenvalue weighted by Crippen LogP contribution is 2.17. The summed E-state index contributed by atoms with van der Waals surface area (Å²) in [7, 11) is 0. The first kappa shape index (κ1) is 13.7. The number of carbonyl (C=O) groups excluding carboxylic acids is 2. The van der Waals surface area contributed by atoms with Crippen LogP contribution in [0.25, 0.3) is 0 Å². The first-order chi connectivity index (χ1) is 9.16. The van der Waals surface area contributed by atoms with Crippen LogP contribution in [-0.2, 0) is 9.59 Å². The van der Waals surface area contributed by atoms with Crippen LogP contribution >= 0.6 is 11.3 Å². The second kappa shape index (κ2) is 6.47. The quantitative estimate of drug-likeness (QED) is 0.501. The third kappa shape index (κ3) is 3.89. The van der Waals surface area contributed by atoms with E-state index < -0.39 is 11.8 Å². The van der Waals surface area contributed by atoms with Gasteiger partial charge in [0.1, 0.15) is 0 Å². The summed E-state index contributed by atoms with van der Waals surface area (Å²) < 4.78 is 0. The van der Waals surface area contributed by atoms with E-state index in [1.54, 1.807) is 6.21 Å². The molecule has 1 aliphatic rings. The van der Waals surface area contributed by atoms with E-state index >= 15 is 0 Å². The predicted molar refractivity (Wildman–Crippen MR) is 75.2 cm³/mol. The third-order valence-electron chi connectivity index (χ3n) is 3.15. The van der Waals surface area contributed by atoms with Crippen LogP contribution in [0.4, 0.5) is 0 Å². The van der Waals surface area contributed by atoms with Crippen molar-refractivity contribution in [2.45, 2.75) is 38.6 Å². The molecule has 2 amide bonds. The van der Waals surface area contributed by atoms with Crippen LogP contribution in [0.15, 0.2) is 16.5 Å². The van der Waals surface area contributed by atoms with Gasteiger partial charge in [-0.2, -0.15) is 5.10 Å². The highest BCUT2D eigenvalue weighted by molar-refractivity contribution is 7.11. The molecule has 102 valence electrons. The summed E-state index contributed by atoms with van der Waals surface area (Å²) in [5.74, 6) is -1.32. The number of rotatable bonds is 3. The van der Waals surface area contributed by atoms with Crippen molar-refractivity contribution in [3.05, 3.63) is 21.9 Å². The van der Waals surface area contributed by atoms with Crippen LogP contribution in [0.5, 0.6) is 0 Å². The fraction of sp³-hybridized carbons (Fsp3) is 0.462. The van der Waals surface area contributed by atoms with E-state index in [2.05, 4.69) is 15.8 Å². The minimum Gasteiger partial charge on any atom is -0.345 e. The maximum Gasteiger partial charge on any atom is 0.329 e. The molecule has 19 heavy (non-hydrogen) atoms. The lowest BCUT2D eigenvalue weighted by Gasteiger charge is -2.10. The Morgan fingerprint density at radius 2 is 2.11 bits per heavy atom. The predicted octanol–water partition coefficient (Wildman–Crippen LogP) is 1.57. The molecule has 1 aromatic heterocycles. The Morgan fingerprint density at radius 1 is 1.37 bits per heavy atom. The van der Waals surface area contributed by atoms with Crippen molar-refractivity contribution < 1.29 is 9.59 Å². The number of hydrogen-bond donors (Lipinski definition) is 2. The summed E-state index contributed by atoms with van der Waals surface area (Å²) in [6, 6.07) is 2.11. The molecule has 0 bridgehead atoms. The third-order valence-corrected chi connectivity index (χ3v) is 4.10. The van der Waals surface area contributed by atoms with Crippen LogP contribution in [0, 0.1) is 6.92 Å². The molecule has 1 fully saturated rings. The van der Waals surface area contributed by atoms with E-state index in [0.29, 0.717) is 0 Å². The fourth-order valence-corrected chi connectivity index (χ4v) is 2.82. The standard InChI is InChI=1S/C13H17N3O2S/c1-9-6-7-19-11(9)8-14-16-13(18)12(17)15-10-4-2-3-5-10/h6-8,10H,2-5H2,1H3,(H,15,17)(H,16,18)/b14-8-. The van der Waals surface area contributed by atoms with Gasteiger partial charge in [-0.05, 0) is 36.8 Å². The van der Waals surface area contributed by atoms with E-state index in [1.165, 1.54) is 11.3 Å². The molecular weight excluding hydrogens is 262 g/mol. The van der Waals surface area contributed by atoms with Gasteiger partial charge in [0.15, 0.2) is 0 Å². The van der Waals surface area contributed by atoms with Gasteiger partial charge in [0.05, 0.1) is 6.21 Å². The molecule has 2 rings (SSSR count). The molecule has 1 saturated carbocycles. The van der Waals surface area contributed by atoms with Gasteiger partial charge in [-0.25, -0.2) is 5.43 Å². The van der Waals surface area contributed by atoms with Crippen molar-refractivity contribution in [2.75, 3.05) is 0 Å². The first-order valence-corrected chi connectivity index (χ1v) is 7.23. The van der Waals surface area contributed by atoms with E-state index in [4.69, 9.17) is 0 Å². The summed E-state index contributed by atoms with van der Waals surface area (Å²) in [6.45, 7) is 1.96. The zero-order valence-electron chi connectivity index (χ0n) is 10.8. The highest BCUT2D eigenvalue weighted by Gasteiger charge is 2.20. The van der Waals surface area contributed by atoms with E-state index in [0.717, 1.165) is 36.1 Å². The highest BCUT2D eigenvalue weighted by atomic mass is 32.1. The Kier molecular flexibility index (Phi) is 4.68. The zero-order valence-corrected chi connectivity index (χ0v) is 11.6. The lowest BCUT2D eigenvalue weighted by molar-refractivity contribution is -0.139. The molecule has 1 aliphatic carbocycles. The van der Waals surface area contributed by atoms with Crippen molar-refractivity contribution in [2.24, 2.45) is 5.10 Å². The Balaban J connectivity index is 1.79. The molecule has 0 aliphatic heterocycles. The number of amides is 2. The Morgan fingerprint density at radius 3 is 2.74 bits per heavy atom. The number of hydrazone groups is 1. The van der Waals surface area contributed by atoms with Crippen LogP contribution in [0.3, 0.4) is 0 Å². The van der Waals surface area contributed by atoms with E-state index in [9.17, 15) is 9.59 Å². The molecule has 0 spiro atoms. The molecule has 0 radical (unpaired) electrons. The van der Waals surface area contributed by atoms with Gasteiger partial charge in [0.2, 0.25) is 0 Å². The smallest absolute Gasteiger partial charge is 0.329 e. The number of thiophene rings is 1. The molecule has 0 unspecified atom stereocenters. The van der Waals surface area contributed by atoms with Crippen molar-refractivity contribution in [3.8, 4) is 0 Å². The number of carbonyl (C=O) groups is 2. The fourth-order valence-electron chi connectivity index (χ4n) is 2.04. The van der Waals surface area contributed by atoms with Gasteiger partial charge in [0.25, 0.3) is 0 Å². The molecule has 6 heteroatoms. The number of hydrogen-bond acceptors (Lipinski definition) is 4. The van der Waals surface area contributed by atoms with Gasteiger partial charge in [0, 0.05) is 10.9 Å². The SMILES string of the molecule is Cc1ccsc1/C=N\NC(=O)C(=O)NC1CCCC1. The first-order valence-electron chi connectivity index (χ1n) is 6.35. The second-order valence-electron chi connectivity index (χ2n) is 4.62. The Hall–Kier alpha value is -1.69. The lowest BCUT2D eigenvalue weighted by Crippen LogP contribution is -2.42. The minimum absolute atomic E-state index is 0.141. The van der Waals surface area contributed by atoms with Crippen molar-refractivity contribution in [1.29, 1.82) is 0 Å². The second-order valence-corrected chi connectivity index (χ2v) is 5.57. The van der Waals surface area contributed by atoms with Gasteiger partial charge in [-0.15, -0.1) is 11.3 Å². The molecule has 1 heterocycles. The number of nitrogens with zero attached hydrogens (tertiary/aromatic N) is 1. The molecule has 1 aromatic rings.